The average Bonchev–Trinajstić information content (AvgIpc) is 3.04. The fraction of sp³-hybridized carbons (Fsp3) is 0.150. The van der Waals surface area contributed by atoms with Crippen LogP contribution in [0.3, 0.4) is 0 Å². The van der Waals surface area contributed by atoms with Crippen molar-refractivity contribution in [1.29, 1.82) is 0 Å². The SMILES string of the molecule is COc1ccc(Cl)cc1NC(=O)c1sc(NC(=O)Nc2ccc(C)cc2)nc1C. The van der Waals surface area contributed by atoms with E-state index in [2.05, 4.69) is 20.9 Å². The van der Waals surface area contributed by atoms with Crippen molar-refractivity contribution >= 4 is 51.4 Å². The number of halogens is 1. The standard InChI is InChI=1S/C20H19ClN4O3S/c1-11-4-7-14(8-5-11)23-19(27)25-20-22-12(2)17(29-20)18(26)24-15-10-13(21)6-9-16(15)28-3/h4-10H,1-3H3,(H,24,26)(H2,22,23,25,27). The zero-order chi connectivity index (χ0) is 21.0. The number of benzene rings is 2. The molecule has 150 valence electrons. The highest BCUT2D eigenvalue weighted by atomic mass is 35.5. The third-order valence-electron chi connectivity index (χ3n) is 3.94. The number of amides is 3. The molecule has 1 heterocycles. The molecular formula is C20H19ClN4O3S. The monoisotopic (exact) mass is 430 g/mol. The molecule has 0 aliphatic carbocycles. The Morgan fingerprint density at radius 2 is 1.76 bits per heavy atom. The molecule has 29 heavy (non-hydrogen) atoms. The smallest absolute Gasteiger partial charge is 0.325 e. The minimum atomic E-state index is -0.439. The summed E-state index contributed by atoms with van der Waals surface area (Å²) in [5, 5.41) is 8.92. The fourth-order valence-corrected chi connectivity index (χ4v) is 3.54. The lowest BCUT2D eigenvalue weighted by Crippen LogP contribution is -2.19. The maximum atomic E-state index is 12.7. The number of methoxy groups -OCH3 is 1. The van der Waals surface area contributed by atoms with Gasteiger partial charge in [0.05, 0.1) is 18.5 Å². The topological polar surface area (TPSA) is 92.4 Å². The molecule has 3 aromatic rings. The van der Waals surface area contributed by atoms with Gasteiger partial charge in [0.2, 0.25) is 0 Å². The third-order valence-corrected chi connectivity index (χ3v) is 5.25. The maximum absolute atomic E-state index is 12.7. The van der Waals surface area contributed by atoms with Crippen molar-refractivity contribution in [1.82, 2.24) is 4.98 Å². The van der Waals surface area contributed by atoms with E-state index in [0.717, 1.165) is 16.9 Å². The Morgan fingerprint density at radius 3 is 2.45 bits per heavy atom. The number of rotatable bonds is 5. The molecule has 0 atom stereocenters. The molecule has 3 rings (SSSR count). The van der Waals surface area contributed by atoms with Gasteiger partial charge in [-0.15, -0.1) is 0 Å². The summed E-state index contributed by atoms with van der Waals surface area (Å²) in [7, 11) is 1.51. The van der Waals surface area contributed by atoms with E-state index in [1.807, 2.05) is 19.1 Å². The molecule has 1 aromatic heterocycles. The van der Waals surface area contributed by atoms with Crippen LogP contribution in [0.1, 0.15) is 20.9 Å². The first kappa shape index (κ1) is 20.6. The van der Waals surface area contributed by atoms with Gasteiger partial charge >= 0.3 is 6.03 Å². The molecule has 0 unspecified atom stereocenters. The number of nitrogens with one attached hydrogen (secondary N) is 3. The van der Waals surface area contributed by atoms with E-state index in [0.29, 0.717) is 37.8 Å². The number of urea groups is 1. The summed E-state index contributed by atoms with van der Waals surface area (Å²) >= 11 is 7.08. The molecule has 7 nitrogen and oxygen atoms in total. The lowest BCUT2D eigenvalue weighted by Gasteiger charge is -2.09. The van der Waals surface area contributed by atoms with E-state index in [4.69, 9.17) is 16.3 Å². The molecule has 0 radical (unpaired) electrons. The summed E-state index contributed by atoms with van der Waals surface area (Å²) in [5.74, 6) is 0.119. The molecule has 0 saturated heterocycles. The van der Waals surface area contributed by atoms with E-state index in [9.17, 15) is 9.59 Å². The molecule has 3 N–H and O–H groups in total. The van der Waals surface area contributed by atoms with Crippen molar-refractivity contribution < 1.29 is 14.3 Å². The van der Waals surface area contributed by atoms with Crippen LogP contribution in [-0.4, -0.2) is 24.0 Å². The van der Waals surface area contributed by atoms with E-state index in [1.165, 1.54) is 7.11 Å². The largest absolute Gasteiger partial charge is 0.495 e. The van der Waals surface area contributed by atoms with E-state index >= 15 is 0 Å². The number of anilines is 3. The second-order valence-electron chi connectivity index (χ2n) is 6.18. The molecule has 0 aliphatic heterocycles. The fourth-order valence-electron chi connectivity index (χ4n) is 2.51. The zero-order valence-corrected chi connectivity index (χ0v) is 17.6. The highest BCUT2D eigenvalue weighted by Crippen LogP contribution is 2.30. The van der Waals surface area contributed by atoms with Crippen LogP contribution in [0.2, 0.25) is 5.02 Å². The Balaban J connectivity index is 1.69. The van der Waals surface area contributed by atoms with Gasteiger partial charge in [0.1, 0.15) is 10.6 Å². The first-order valence-corrected chi connectivity index (χ1v) is 9.82. The van der Waals surface area contributed by atoms with Crippen LogP contribution in [0.15, 0.2) is 42.5 Å². The van der Waals surface area contributed by atoms with Crippen molar-refractivity contribution in [3.05, 3.63) is 63.6 Å². The zero-order valence-electron chi connectivity index (χ0n) is 16.0. The number of carbonyl (C=O) groups is 2. The Kier molecular flexibility index (Phi) is 6.36. The van der Waals surface area contributed by atoms with Crippen molar-refractivity contribution in [3.8, 4) is 5.75 Å². The molecule has 0 bridgehead atoms. The Labute approximate surface area is 177 Å². The molecule has 3 amide bonds. The Hall–Kier alpha value is -3.10. The first-order valence-electron chi connectivity index (χ1n) is 8.62. The minimum Gasteiger partial charge on any atom is -0.495 e. The van der Waals surface area contributed by atoms with Crippen LogP contribution in [0.25, 0.3) is 0 Å². The number of hydrogen-bond donors (Lipinski definition) is 3. The lowest BCUT2D eigenvalue weighted by atomic mass is 10.2. The van der Waals surface area contributed by atoms with Gasteiger partial charge in [0.25, 0.3) is 5.91 Å². The average molecular weight is 431 g/mol. The number of nitrogens with zero attached hydrogens (tertiary/aromatic N) is 1. The highest BCUT2D eigenvalue weighted by Gasteiger charge is 2.18. The maximum Gasteiger partial charge on any atom is 0.325 e. The van der Waals surface area contributed by atoms with Crippen LogP contribution in [0, 0.1) is 13.8 Å². The van der Waals surface area contributed by atoms with Gasteiger partial charge in [0, 0.05) is 10.7 Å². The quantitative estimate of drug-likeness (QED) is 0.510. The van der Waals surface area contributed by atoms with Gasteiger partial charge in [-0.1, -0.05) is 40.6 Å². The molecule has 0 aliphatic rings. The number of carbonyl (C=O) groups excluding carboxylic acids is 2. The number of aryl methyl sites for hydroxylation is 2. The number of hydrogen-bond acceptors (Lipinski definition) is 5. The summed E-state index contributed by atoms with van der Waals surface area (Å²) < 4.78 is 5.24. The second-order valence-corrected chi connectivity index (χ2v) is 7.61. The van der Waals surface area contributed by atoms with Crippen molar-refractivity contribution in [3.63, 3.8) is 0 Å². The molecular weight excluding hydrogens is 412 g/mol. The molecule has 0 fully saturated rings. The molecule has 0 saturated carbocycles. The van der Waals surface area contributed by atoms with Crippen LogP contribution < -0.4 is 20.7 Å². The van der Waals surface area contributed by atoms with Crippen LogP contribution >= 0.6 is 22.9 Å². The summed E-state index contributed by atoms with van der Waals surface area (Å²) in [6.07, 6.45) is 0. The second kappa shape index (κ2) is 8.93. The van der Waals surface area contributed by atoms with Gasteiger partial charge in [-0.3, -0.25) is 10.1 Å². The van der Waals surface area contributed by atoms with Gasteiger partial charge in [0.15, 0.2) is 5.13 Å². The summed E-state index contributed by atoms with van der Waals surface area (Å²) in [5.41, 5.74) is 2.70. The minimum absolute atomic E-state index is 0.315. The van der Waals surface area contributed by atoms with Crippen LogP contribution in [0.4, 0.5) is 21.3 Å². The summed E-state index contributed by atoms with van der Waals surface area (Å²) in [4.78, 5) is 29.5. The third kappa shape index (κ3) is 5.24. The summed E-state index contributed by atoms with van der Waals surface area (Å²) in [6.45, 7) is 3.66. The number of thiazole rings is 1. The van der Waals surface area contributed by atoms with Crippen molar-refractivity contribution in [2.24, 2.45) is 0 Å². The molecule has 9 heteroatoms. The lowest BCUT2D eigenvalue weighted by molar-refractivity contribution is 0.102. The van der Waals surface area contributed by atoms with E-state index < -0.39 is 6.03 Å². The highest BCUT2D eigenvalue weighted by molar-refractivity contribution is 7.17. The first-order chi connectivity index (χ1) is 13.9. The predicted molar refractivity (Wildman–Crippen MR) is 117 cm³/mol. The predicted octanol–water partition coefficient (Wildman–Crippen LogP) is 5.32. The number of ether oxygens (including phenoxy) is 1. The molecule has 2 aromatic carbocycles. The van der Waals surface area contributed by atoms with Gasteiger partial charge in [-0.05, 0) is 44.2 Å². The summed E-state index contributed by atoms with van der Waals surface area (Å²) in [6, 6.07) is 11.9. The van der Waals surface area contributed by atoms with Crippen molar-refractivity contribution in [2.75, 3.05) is 23.1 Å². The van der Waals surface area contributed by atoms with Gasteiger partial charge < -0.3 is 15.4 Å². The Morgan fingerprint density at radius 1 is 1.03 bits per heavy atom. The normalized spacial score (nSPS) is 10.3. The molecule has 0 spiro atoms. The van der Waals surface area contributed by atoms with E-state index in [1.54, 1.807) is 37.3 Å². The van der Waals surface area contributed by atoms with Gasteiger partial charge in [-0.2, -0.15) is 0 Å². The van der Waals surface area contributed by atoms with Crippen LogP contribution in [0.5, 0.6) is 5.75 Å². The van der Waals surface area contributed by atoms with Gasteiger partial charge in [-0.25, -0.2) is 9.78 Å². The Bertz CT molecular complexity index is 1050. The van der Waals surface area contributed by atoms with Crippen LogP contribution in [-0.2, 0) is 0 Å². The van der Waals surface area contributed by atoms with Crippen molar-refractivity contribution in [2.45, 2.75) is 13.8 Å². The van der Waals surface area contributed by atoms with E-state index in [-0.39, 0.29) is 5.91 Å². The number of aromatic nitrogens is 1.